The van der Waals surface area contributed by atoms with E-state index in [0.29, 0.717) is 5.69 Å². The average Bonchev–Trinajstić information content (AvgIpc) is 2.82. The summed E-state index contributed by atoms with van der Waals surface area (Å²) in [5.74, 6) is -1.07. The summed E-state index contributed by atoms with van der Waals surface area (Å²) in [6.45, 7) is 5.89. The Kier molecular flexibility index (Phi) is 3.98. The van der Waals surface area contributed by atoms with Crippen LogP contribution in [0.15, 0.2) is 24.3 Å². The van der Waals surface area contributed by atoms with Crippen LogP contribution in [0.4, 0.5) is 0 Å². The van der Waals surface area contributed by atoms with E-state index in [1.54, 1.807) is 10.8 Å². The molecule has 1 aromatic heterocycles. The number of aromatic carboxylic acids is 1. The summed E-state index contributed by atoms with van der Waals surface area (Å²) in [5.41, 5.74) is 2.67. The molecule has 0 aliphatic carbocycles. The van der Waals surface area contributed by atoms with E-state index in [1.165, 1.54) is 5.56 Å². The van der Waals surface area contributed by atoms with Gasteiger partial charge in [-0.3, -0.25) is 0 Å². The SMILES string of the molecule is Cc1ccc(/C=C/c2c(C(=O)O)nnn2C(C)C)cc1. The summed E-state index contributed by atoms with van der Waals surface area (Å²) < 4.78 is 1.61. The smallest absolute Gasteiger partial charge is 0.358 e. The van der Waals surface area contributed by atoms with Crippen LogP contribution < -0.4 is 0 Å². The van der Waals surface area contributed by atoms with Crippen molar-refractivity contribution in [3.05, 3.63) is 46.8 Å². The Hall–Kier alpha value is -2.43. The number of hydrogen-bond donors (Lipinski definition) is 1. The molecule has 0 radical (unpaired) electrons. The molecule has 0 atom stereocenters. The molecule has 0 saturated heterocycles. The Balaban J connectivity index is 2.38. The highest BCUT2D eigenvalue weighted by molar-refractivity contribution is 5.90. The zero-order valence-electron chi connectivity index (χ0n) is 11.7. The Bertz CT molecular complexity index is 640. The number of nitrogens with zero attached hydrogens (tertiary/aromatic N) is 3. The van der Waals surface area contributed by atoms with Crippen LogP contribution in [0, 0.1) is 6.92 Å². The van der Waals surface area contributed by atoms with Crippen molar-refractivity contribution in [2.45, 2.75) is 26.8 Å². The molecule has 1 heterocycles. The van der Waals surface area contributed by atoms with Gasteiger partial charge in [0.25, 0.3) is 0 Å². The van der Waals surface area contributed by atoms with Gasteiger partial charge in [0.05, 0.1) is 5.69 Å². The molecule has 0 bridgehead atoms. The molecule has 0 unspecified atom stereocenters. The van der Waals surface area contributed by atoms with Crippen LogP contribution in [0.3, 0.4) is 0 Å². The van der Waals surface area contributed by atoms with Crippen LogP contribution in [0.2, 0.25) is 0 Å². The number of aryl methyl sites for hydroxylation is 1. The van der Waals surface area contributed by atoms with Crippen molar-refractivity contribution in [1.82, 2.24) is 15.0 Å². The standard InChI is InChI=1S/C15H17N3O2/c1-10(2)18-13(14(15(19)20)16-17-18)9-8-12-6-4-11(3)5-7-12/h4-10H,1-3H3,(H,19,20)/b9-8+. The van der Waals surface area contributed by atoms with Gasteiger partial charge < -0.3 is 5.11 Å². The van der Waals surface area contributed by atoms with E-state index in [9.17, 15) is 4.79 Å². The summed E-state index contributed by atoms with van der Waals surface area (Å²) in [6, 6.07) is 8.03. The van der Waals surface area contributed by atoms with Gasteiger partial charge in [0, 0.05) is 6.04 Å². The number of hydrogen-bond acceptors (Lipinski definition) is 3. The minimum Gasteiger partial charge on any atom is -0.476 e. The van der Waals surface area contributed by atoms with Crippen molar-refractivity contribution in [3.63, 3.8) is 0 Å². The van der Waals surface area contributed by atoms with Crippen molar-refractivity contribution in [2.24, 2.45) is 0 Å². The third-order valence-electron chi connectivity index (χ3n) is 2.93. The van der Waals surface area contributed by atoms with E-state index in [4.69, 9.17) is 5.11 Å². The van der Waals surface area contributed by atoms with Crippen LogP contribution in [0.25, 0.3) is 12.2 Å². The second kappa shape index (κ2) is 5.69. The van der Waals surface area contributed by atoms with Gasteiger partial charge in [-0.15, -0.1) is 5.10 Å². The van der Waals surface area contributed by atoms with Gasteiger partial charge in [-0.2, -0.15) is 0 Å². The summed E-state index contributed by atoms with van der Waals surface area (Å²) in [4.78, 5) is 11.2. The molecule has 5 heteroatoms. The number of carbonyl (C=O) groups is 1. The maximum Gasteiger partial charge on any atom is 0.358 e. The molecule has 0 aliphatic heterocycles. The van der Waals surface area contributed by atoms with Crippen molar-refractivity contribution < 1.29 is 9.90 Å². The molecule has 2 rings (SSSR count). The van der Waals surface area contributed by atoms with Crippen LogP contribution in [-0.4, -0.2) is 26.1 Å². The maximum absolute atomic E-state index is 11.2. The van der Waals surface area contributed by atoms with Gasteiger partial charge in [-0.05, 0) is 32.4 Å². The minimum atomic E-state index is -1.07. The Morgan fingerprint density at radius 2 is 1.90 bits per heavy atom. The monoisotopic (exact) mass is 271 g/mol. The minimum absolute atomic E-state index is 0.0259. The topological polar surface area (TPSA) is 68.0 Å². The Labute approximate surface area is 117 Å². The van der Waals surface area contributed by atoms with Gasteiger partial charge in [-0.1, -0.05) is 41.1 Å². The molecular weight excluding hydrogens is 254 g/mol. The Morgan fingerprint density at radius 1 is 1.25 bits per heavy atom. The number of carboxylic acids is 1. The number of rotatable bonds is 4. The second-order valence-corrected chi connectivity index (χ2v) is 4.91. The molecule has 0 fully saturated rings. The number of aromatic nitrogens is 3. The first-order valence-corrected chi connectivity index (χ1v) is 6.42. The predicted octanol–water partition coefficient (Wildman–Crippen LogP) is 3.04. The van der Waals surface area contributed by atoms with Gasteiger partial charge >= 0.3 is 5.97 Å². The zero-order valence-corrected chi connectivity index (χ0v) is 11.7. The predicted molar refractivity (Wildman–Crippen MR) is 77.5 cm³/mol. The summed E-state index contributed by atoms with van der Waals surface area (Å²) in [5, 5.41) is 16.8. The van der Waals surface area contributed by atoms with Gasteiger partial charge in [0.2, 0.25) is 0 Å². The van der Waals surface area contributed by atoms with Crippen molar-refractivity contribution in [1.29, 1.82) is 0 Å². The molecule has 0 aliphatic rings. The Morgan fingerprint density at radius 3 is 2.45 bits per heavy atom. The first-order chi connectivity index (χ1) is 9.49. The molecule has 0 amide bonds. The van der Waals surface area contributed by atoms with Crippen LogP contribution in [0.1, 0.15) is 47.2 Å². The lowest BCUT2D eigenvalue weighted by Gasteiger charge is -2.06. The molecule has 20 heavy (non-hydrogen) atoms. The summed E-state index contributed by atoms with van der Waals surface area (Å²) in [6.07, 6.45) is 3.61. The number of carboxylic acid groups (broad SMARTS) is 1. The van der Waals surface area contributed by atoms with E-state index in [-0.39, 0.29) is 11.7 Å². The van der Waals surface area contributed by atoms with Crippen LogP contribution >= 0.6 is 0 Å². The van der Waals surface area contributed by atoms with E-state index in [1.807, 2.05) is 51.1 Å². The number of benzene rings is 1. The molecule has 0 spiro atoms. The lowest BCUT2D eigenvalue weighted by molar-refractivity contribution is 0.0690. The van der Waals surface area contributed by atoms with E-state index in [2.05, 4.69) is 10.3 Å². The highest BCUT2D eigenvalue weighted by Crippen LogP contribution is 2.16. The fourth-order valence-electron chi connectivity index (χ4n) is 1.84. The summed E-state index contributed by atoms with van der Waals surface area (Å²) in [7, 11) is 0. The summed E-state index contributed by atoms with van der Waals surface area (Å²) >= 11 is 0. The highest BCUT2D eigenvalue weighted by atomic mass is 16.4. The second-order valence-electron chi connectivity index (χ2n) is 4.91. The lowest BCUT2D eigenvalue weighted by Crippen LogP contribution is -2.07. The largest absolute Gasteiger partial charge is 0.476 e. The van der Waals surface area contributed by atoms with E-state index >= 15 is 0 Å². The lowest BCUT2D eigenvalue weighted by atomic mass is 10.1. The van der Waals surface area contributed by atoms with Crippen LogP contribution in [0.5, 0.6) is 0 Å². The zero-order chi connectivity index (χ0) is 14.7. The van der Waals surface area contributed by atoms with E-state index in [0.717, 1.165) is 5.56 Å². The van der Waals surface area contributed by atoms with Crippen LogP contribution in [-0.2, 0) is 0 Å². The van der Waals surface area contributed by atoms with E-state index < -0.39 is 5.97 Å². The van der Waals surface area contributed by atoms with Gasteiger partial charge in [-0.25, -0.2) is 9.48 Å². The fourth-order valence-corrected chi connectivity index (χ4v) is 1.84. The van der Waals surface area contributed by atoms with Crippen molar-refractivity contribution in [2.75, 3.05) is 0 Å². The molecule has 2 aromatic rings. The van der Waals surface area contributed by atoms with Crippen molar-refractivity contribution >= 4 is 18.1 Å². The maximum atomic E-state index is 11.2. The molecule has 1 aromatic carbocycles. The molecule has 1 N–H and O–H groups in total. The molecule has 0 saturated carbocycles. The average molecular weight is 271 g/mol. The first kappa shape index (κ1) is 14.0. The first-order valence-electron chi connectivity index (χ1n) is 6.42. The highest BCUT2D eigenvalue weighted by Gasteiger charge is 2.18. The quantitative estimate of drug-likeness (QED) is 0.928. The van der Waals surface area contributed by atoms with Crippen molar-refractivity contribution in [3.8, 4) is 0 Å². The normalized spacial score (nSPS) is 11.4. The molecule has 5 nitrogen and oxygen atoms in total. The molecular formula is C15H17N3O2. The van der Waals surface area contributed by atoms with Gasteiger partial charge in [0.1, 0.15) is 0 Å². The third kappa shape index (κ3) is 2.93. The van der Waals surface area contributed by atoms with Gasteiger partial charge in [0.15, 0.2) is 5.69 Å². The third-order valence-corrected chi connectivity index (χ3v) is 2.93. The molecule has 104 valence electrons. The fraction of sp³-hybridized carbons (Fsp3) is 0.267.